The van der Waals surface area contributed by atoms with Gasteiger partial charge in [0, 0.05) is 17.8 Å². The van der Waals surface area contributed by atoms with E-state index in [0.29, 0.717) is 23.2 Å². The van der Waals surface area contributed by atoms with Gasteiger partial charge in [-0.3, -0.25) is 9.52 Å². The molecule has 160 valence electrons. The van der Waals surface area contributed by atoms with Crippen LogP contribution in [0.3, 0.4) is 0 Å². The number of fused-ring (bicyclic) bond motifs is 1. The molecule has 3 aromatic rings. The molecule has 0 aliphatic carbocycles. The van der Waals surface area contributed by atoms with E-state index in [1.165, 1.54) is 6.07 Å². The molecule has 0 spiro atoms. The average molecular weight is 448 g/mol. The topological polar surface area (TPSA) is 104 Å². The number of benzene rings is 1. The van der Waals surface area contributed by atoms with Gasteiger partial charge >= 0.3 is 6.18 Å². The highest BCUT2D eigenvalue weighted by Gasteiger charge is 2.30. The van der Waals surface area contributed by atoms with Crippen LogP contribution in [0.5, 0.6) is 0 Å². The molecule has 0 bridgehead atoms. The number of nitrogens with zero attached hydrogens (tertiary/aromatic N) is 1. The van der Waals surface area contributed by atoms with Gasteiger partial charge in [-0.25, -0.2) is 22.2 Å². The molecule has 2 heterocycles. The van der Waals surface area contributed by atoms with Gasteiger partial charge in [0.15, 0.2) is 5.82 Å². The molecule has 30 heavy (non-hydrogen) atoms. The van der Waals surface area contributed by atoms with Crippen LogP contribution in [-0.4, -0.2) is 36.2 Å². The Balaban J connectivity index is 1.82. The number of alkyl halides is 3. The van der Waals surface area contributed by atoms with E-state index in [4.69, 9.17) is 0 Å². The number of H-pyrrole nitrogens is 1. The summed E-state index contributed by atoms with van der Waals surface area (Å²) in [7, 11) is -4.58. The number of aromatic nitrogens is 2. The number of hydrogen-bond donors (Lipinski definition) is 3. The Morgan fingerprint density at radius 1 is 1.17 bits per heavy atom. The number of amides is 1. The normalized spacial score (nSPS) is 12.2. The van der Waals surface area contributed by atoms with Crippen molar-refractivity contribution in [2.24, 2.45) is 0 Å². The van der Waals surface area contributed by atoms with E-state index in [2.05, 4.69) is 9.97 Å². The second-order valence-electron chi connectivity index (χ2n) is 6.16. The van der Waals surface area contributed by atoms with Crippen LogP contribution in [0.15, 0.2) is 36.7 Å². The maximum Gasteiger partial charge on any atom is 0.390 e. The third kappa shape index (κ3) is 5.03. The highest BCUT2D eigenvalue weighted by atomic mass is 32.2. The summed E-state index contributed by atoms with van der Waals surface area (Å²) in [6, 6.07) is 4.39. The number of aromatic amines is 1. The number of carbonyl (C=O) groups is 1. The van der Waals surface area contributed by atoms with Crippen LogP contribution in [-0.2, 0) is 10.0 Å². The second kappa shape index (κ2) is 7.89. The summed E-state index contributed by atoms with van der Waals surface area (Å²) in [5, 5.41) is 2.54. The molecule has 0 atom stereocenters. The van der Waals surface area contributed by atoms with Gasteiger partial charge in [0.2, 0.25) is 10.0 Å². The molecule has 0 aliphatic heterocycles. The number of halogens is 5. The fourth-order valence-corrected chi connectivity index (χ4v) is 3.56. The zero-order valence-electron chi connectivity index (χ0n) is 14.8. The summed E-state index contributed by atoms with van der Waals surface area (Å²) in [4.78, 5) is 19.1. The molecule has 1 amide bonds. The summed E-state index contributed by atoms with van der Waals surface area (Å²) >= 11 is 0. The molecular formula is C17H13F5N4O3S. The van der Waals surface area contributed by atoms with Crippen LogP contribution in [0, 0.1) is 11.6 Å². The number of anilines is 2. The second-order valence-corrected chi connectivity index (χ2v) is 8.01. The molecule has 13 heteroatoms. The van der Waals surface area contributed by atoms with Crippen molar-refractivity contribution in [3.8, 4) is 0 Å². The highest BCUT2D eigenvalue weighted by Crippen LogP contribution is 2.28. The van der Waals surface area contributed by atoms with Crippen LogP contribution < -0.4 is 10.0 Å². The molecule has 0 fully saturated rings. The van der Waals surface area contributed by atoms with E-state index in [9.17, 15) is 35.2 Å². The summed E-state index contributed by atoms with van der Waals surface area (Å²) in [6.45, 7) is 0. The zero-order chi connectivity index (χ0) is 22.1. The molecule has 0 radical (unpaired) electrons. The number of hydrogen-bond acceptors (Lipinski definition) is 4. The maximum absolute atomic E-state index is 14.6. The number of nitrogens with one attached hydrogen (secondary N) is 3. The summed E-state index contributed by atoms with van der Waals surface area (Å²) in [5.74, 6) is -4.98. The molecule has 0 saturated heterocycles. The van der Waals surface area contributed by atoms with E-state index in [-0.39, 0.29) is 5.56 Å². The molecule has 3 rings (SSSR count). The van der Waals surface area contributed by atoms with Crippen molar-refractivity contribution < 1.29 is 35.2 Å². The van der Waals surface area contributed by atoms with Gasteiger partial charge in [-0.05, 0) is 24.3 Å². The number of carbonyl (C=O) groups excluding carboxylic acids is 1. The number of rotatable bonds is 6. The van der Waals surface area contributed by atoms with E-state index < -0.39 is 57.3 Å². The van der Waals surface area contributed by atoms with Crippen molar-refractivity contribution in [3.63, 3.8) is 0 Å². The molecular weight excluding hydrogens is 435 g/mol. The van der Waals surface area contributed by atoms with E-state index in [0.717, 1.165) is 6.20 Å². The first-order valence-corrected chi connectivity index (χ1v) is 9.90. The van der Waals surface area contributed by atoms with Crippen molar-refractivity contribution in [1.82, 2.24) is 9.97 Å². The van der Waals surface area contributed by atoms with Gasteiger partial charge < -0.3 is 10.3 Å². The summed E-state index contributed by atoms with van der Waals surface area (Å²) < 4.78 is 90.5. The molecule has 7 nitrogen and oxygen atoms in total. The standard InChI is InChI=1S/C17H13F5N4O3S/c18-11-1-2-12(26-30(28,29)6-4-17(20,21)22)13(19)14(11)25-16(27)10-7-9-3-5-23-15(9)24-8-10/h1-3,5,7-8,26H,4,6H2,(H,23,24)(H,25,27). The Hall–Kier alpha value is -3.22. The minimum absolute atomic E-state index is 0.0305. The number of pyridine rings is 1. The lowest BCUT2D eigenvalue weighted by molar-refractivity contribution is -0.129. The predicted molar refractivity (Wildman–Crippen MR) is 98.5 cm³/mol. The van der Waals surface area contributed by atoms with Gasteiger partial charge in [-0.1, -0.05) is 0 Å². The molecule has 3 N–H and O–H groups in total. The third-order valence-electron chi connectivity index (χ3n) is 3.91. The lowest BCUT2D eigenvalue weighted by atomic mass is 10.2. The zero-order valence-corrected chi connectivity index (χ0v) is 15.7. The van der Waals surface area contributed by atoms with Gasteiger partial charge in [-0.15, -0.1) is 0 Å². The van der Waals surface area contributed by atoms with Crippen molar-refractivity contribution in [1.29, 1.82) is 0 Å². The molecule has 2 aromatic heterocycles. The fraction of sp³-hybridized carbons (Fsp3) is 0.176. The monoisotopic (exact) mass is 448 g/mol. The Bertz CT molecular complexity index is 1210. The van der Waals surface area contributed by atoms with Crippen LogP contribution in [0.4, 0.5) is 33.3 Å². The van der Waals surface area contributed by atoms with Crippen LogP contribution in [0.2, 0.25) is 0 Å². The maximum atomic E-state index is 14.6. The van der Waals surface area contributed by atoms with Gasteiger partial charge in [0.1, 0.15) is 17.2 Å². The smallest absolute Gasteiger partial charge is 0.346 e. The molecule has 0 aliphatic rings. The quantitative estimate of drug-likeness (QED) is 0.499. The van der Waals surface area contributed by atoms with Gasteiger partial charge in [0.05, 0.1) is 23.4 Å². The Kier molecular flexibility index (Phi) is 5.65. The Morgan fingerprint density at radius 2 is 1.90 bits per heavy atom. The van der Waals surface area contributed by atoms with Crippen LogP contribution in [0.1, 0.15) is 16.8 Å². The van der Waals surface area contributed by atoms with Crippen molar-refractivity contribution in [2.45, 2.75) is 12.6 Å². The van der Waals surface area contributed by atoms with Crippen LogP contribution in [0.25, 0.3) is 11.0 Å². The average Bonchev–Trinajstić information content (AvgIpc) is 3.13. The first-order chi connectivity index (χ1) is 14.0. The highest BCUT2D eigenvalue weighted by molar-refractivity contribution is 7.92. The molecule has 0 unspecified atom stereocenters. The Labute approximate surface area is 166 Å². The van der Waals surface area contributed by atoms with E-state index in [1.54, 1.807) is 17.0 Å². The first kappa shape index (κ1) is 21.5. The number of sulfonamides is 1. The Morgan fingerprint density at radius 3 is 2.60 bits per heavy atom. The fourth-order valence-electron chi connectivity index (χ4n) is 2.46. The predicted octanol–water partition coefficient (Wildman–Crippen LogP) is 3.79. The van der Waals surface area contributed by atoms with E-state index >= 15 is 0 Å². The lowest BCUT2D eigenvalue weighted by Crippen LogP contribution is -2.23. The van der Waals surface area contributed by atoms with E-state index in [1.807, 2.05) is 5.32 Å². The third-order valence-corrected chi connectivity index (χ3v) is 5.18. The largest absolute Gasteiger partial charge is 0.390 e. The molecule has 0 saturated carbocycles. The first-order valence-electron chi connectivity index (χ1n) is 8.25. The van der Waals surface area contributed by atoms with Crippen molar-refractivity contribution in [2.75, 3.05) is 15.8 Å². The van der Waals surface area contributed by atoms with Crippen molar-refractivity contribution >= 4 is 38.3 Å². The summed E-state index contributed by atoms with van der Waals surface area (Å²) in [6.07, 6.45) is -3.64. The molecule has 1 aromatic carbocycles. The minimum atomic E-state index is -4.73. The van der Waals surface area contributed by atoms with Crippen LogP contribution >= 0.6 is 0 Å². The minimum Gasteiger partial charge on any atom is -0.346 e. The van der Waals surface area contributed by atoms with Crippen molar-refractivity contribution in [3.05, 3.63) is 53.9 Å². The van der Waals surface area contributed by atoms with Gasteiger partial charge in [-0.2, -0.15) is 13.2 Å². The summed E-state index contributed by atoms with van der Waals surface area (Å²) in [5.41, 5.74) is -1.32. The lowest BCUT2D eigenvalue weighted by Gasteiger charge is -2.13. The van der Waals surface area contributed by atoms with Gasteiger partial charge in [0.25, 0.3) is 5.91 Å². The SMILES string of the molecule is O=C(Nc1c(F)ccc(NS(=O)(=O)CCC(F)(F)F)c1F)c1cnc2[nH]ccc2c1.